The summed E-state index contributed by atoms with van der Waals surface area (Å²) in [5.74, 6) is -0.0959. The van der Waals surface area contributed by atoms with Crippen LogP contribution in [0.3, 0.4) is 0 Å². The van der Waals surface area contributed by atoms with Gasteiger partial charge in [-0.2, -0.15) is 0 Å². The van der Waals surface area contributed by atoms with E-state index in [1.807, 2.05) is 26.0 Å². The Hall–Kier alpha value is -2.44. The van der Waals surface area contributed by atoms with E-state index in [2.05, 4.69) is 20.9 Å². The van der Waals surface area contributed by atoms with E-state index in [1.54, 1.807) is 6.07 Å². The molecule has 0 saturated heterocycles. The molecule has 0 aliphatic carbocycles. The second kappa shape index (κ2) is 10.3. The molecule has 1 heterocycles. The van der Waals surface area contributed by atoms with Gasteiger partial charge in [0, 0.05) is 38.0 Å². The van der Waals surface area contributed by atoms with Gasteiger partial charge in [-0.25, -0.2) is 4.98 Å². The Morgan fingerprint density at radius 1 is 0.957 bits per heavy atom. The summed E-state index contributed by atoms with van der Waals surface area (Å²) < 4.78 is 0. The van der Waals surface area contributed by atoms with Crippen molar-refractivity contribution in [3.8, 4) is 0 Å². The number of anilines is 1. The van der Waals surface area contributed by atoms with Crippen LogP contribution in [0.25, 0.3) is 0 Å². The number of aryl methyl sites for hydroxylation is 1. The molecule has 0 unspecified atom stereocenters. The second-order valence-electron chi connectivity index (χ2n) is 5.16. The predicted octanol–water partition coefficient (Wildman–Crippen LogP) is 1.14. The van der Waals surface area contributed by atoms with Gasteiger partial charge in [0.15, 0.2) is 0 Å². The number of amides is 3. The van der Waals surface area contributed by atoms with E-state index in [0.29, 0.717) is 12.4 Å². The fourth-order valence-corrected chi connectivity index (χ4v) is 1.80. The van der Waals surface area contributed by atoms with Crippen molar-refractivity contribution in [2.24, 2.45) is 0 Å². The van der Waals surface area contributed by atoms with Crippen molar-refractivity contribution >= 4 is 23.5 Å². The Kier molecular flexibility index (Phi) is 8.34. The van der Waals surface area contributed by atoms with E-state index in [0.717, 1.165) is 12.1 Å². The topological polar surface area (TPSA) is 100 Å². The number of nitrogens with zero attached hydrogens (tertiary/aromatic N) is 1. The van der Waals surface area contributed by atoms with E-state index in [4.69, 9.17) is 0 Å². The van der Waals surface area contributed by atoms with Gasteiger partial charge < -0.3 is 16.0 Å². The number of pyridine rings is 1. The zero-order valence-electron chi connectivity index (χ0n) is 13.6. The molecule has 0 aliphatic heterocycles. The monoisotopic (exact) mass is 320 g/mol. The summed E-state index contributed by atoms with van der Waals surface area (Å²) in [4.78, 5) is 38.8. The summed E-state index contributed by atoms with van der Waals surface area (Å²) in [7, 11) is 0. The van der Waals surface area contributed by atoms with E-state index in [-0.39, 0.29) is 43.5 Å². The minimum atomic E-state index is -0.238. The number of nitrogens with one attached hydrogen (secondary N) is 3. The molecule has 1 aromatic rings. The molecule has 7 nitrogen and oxygen atoms in total. The van der Waals surface area contributed by atoms with Gasteiger partial charge in [0.1, 0.15) is 5.82 Å². The van der Waals surface area contributed by atoms with Crippen molar-refractivity contribution in [1.82, 2.24) is 15.6 Å². The predicted molar refractivity (Wildman–Crippen MR) is 87.8 cm³/mol. The van der Waals surface area contributed by atoms with Gasteiger partial charge in [-0.3, -0.25) is 14.4 Å². The van der Waals surface area contributed by atoms with Gasteiger partial charge in [-0.15, -0.1) is 0 Å². The fourth-order valence-electron chi connectivity index (χ4n) is 1.80. The Bertz CT molecular complexity index is 546. The maximum absolute atomic E-state index is 11.7. The van der Waals surface area contributed by atoms with Crippen LogP contribution < -0.4 is 16.0 Å². The molecule has 0 radical (unpaired) electrons. The quantitative estimate of drug-likeness (QED) is 0.635. The first-order chi connectivity index (χ1) is 11.0. The molecule has 1 aromatic heterocycles. The molecular formula is C16H24N4O3. The molecule has 1 rings (SSSR count). The summed E-state index contributed by atoms with van der Waals surface area (Å²) in [6.07, 6.45) is 1.30. The van der Waals surface area contributed by atoms with Crippen molar-refractivity contribution in [3.05, 3.63) is 23.9 Å². The SMILES string of the molecule is CCCNC(=O)CCC(=O)NCCC(=O)Nc1cccc(C)n1. The van der Waals surface area contributed by atoms with E-state index >= 15 is 0 Å². The maximum atomic E-state index is 11.7. The molecule has 3 N–H and O–H groups in total. The number of hydrogen-bond acceptors (Lipinski definition) is 4. The van der Waals surface area contributed by atoms with Crippen LogP contribution in [0.15, 0.2) is 18.2 Å². The average Bonchev–Trinajstić information content (AvgIpc) is 2.51. The van der Waals surface area contributed by atoms with E-state index < -0.39 is 0 Å². The van der Waals surface area contributed by atoms with Crippen LogP contribution in [0.1, 0.15) is 38.3 Å². The lowest BCUT2D eigenvalue weighted by molar-refractivity contribution is -0.126. The maximum Gasteiger partial charge on any atom is 0.227 e. The van der Waals surface area contributed by atoms with Crippen molar-refractivity contribution in [3.63, 3.8) is 0 Å². The van der Waals surface area contributed by atoms with Crippen LogP contribution >= 0.6 is 0 Å². The summed E-state index contributed by atoms with van der Waals surface area (Å²) in [6, 6.07) is 5.36. The summed E-state index contributed by atoms with van der Waals surface area (Å²) in [6.45, 7) is 4.65. The highest BCUT2D eigenvalue weighted by atomic mass is 16.2. The van der Waals surface area contributed by atoms with Crippen LogP contribution in [0.5, 0.6) is 0 Å². The highest BCUT2D eigenvalue weighted by Gasteiger charge is 2.08. The Morgan fingerprint density at radius 3 is 2.22 bits per heavy atom. The molecule has 0 aromatic carbocycles. The van der Waals surface area contributed by atoms with Crippen LogP contribution in [0.2, 0.25) is 0 Å². The molecule has 0 aliphatic rings. The molecule has 7 heteroatoms. The summed E-state index contributed by atoms with van der Waals surface area (Å²) in [5.41, 5.74) is 0.817. The normalized spacial score (nSPS) is 10.0. The smallest absolute Gasteiger partial charge is 0.227 e. The summed E-state index contributed by atoms with van der Waals surface area (Å²) >= 11 is 0. The number of rotatable bonds is 9. The summed E-state index contributed by atoms with van der Waals surface area (Å²) in [5, 5.41) is 7.99. The molecular weight excluding hydrogens is 296 g/mol. The fraction of sp³-hybridized carbons (Fsp3) is 0.500. The molecule has 0 atom stereocenters. The number of carbonyl (C=O) groups excluding carboxylic acids is 3. The van der Waals surface area contributed by atoms with Crippen LogP contribution in [-0.2, 0) is 14.4 Å². The Balaban J connectivity index is 2.16. The third-order valence-electron chi connectivity index (χ3n) is 2.98. The lowest BCUT2D eigenvalue weighted by Gasteiger charge is -2.07. The van der Waals surface area contributed by atoms with Crippen molar-refractivity contribution < 1.29 is 14.4 Å². The molecule has 0 saturated carbocycles. The first-order valence-electron chi connectivity index (χ1n) is 7.78. The number of aromatic nitrogens is 1. The van der Waals surface area contributed by atoms with Crippen molar-refractivity contribution in [2.75, 3.05) is 18.4 Å². The highest BCUT2D eigenvalue weighted by molar-refractivity contribution is 5.90. The van der Waals surface area contributed by atoms with Crippen molar-refractivity contribution in [1.29, 1.82) is 0 Å². The van der Waals surface area contributed by atoms with Crippen LogP contribution in [0.4, 0.5) is 5.82 Å². The van der Waals surface area contributed by atoms with E-state index in [9.17, 15) is 14.4 Å². The number of hydrogen-bond donors (Lipinski definition) is 3. The zero-order chi connectivity index (χ0) is 17.1. The van der Waals surface area contributed by atoms with Gasteiger partial charge in [0.2, 0.25) is 17.7 Å². The third kappa shape index (κ3) is 8.55. The van der Waals surface area contributed by atoms with Crippen LogP contribution in [0, 0.1) is 6.92 Å². The number of carbonyl (C=O) groups is 3. The average molecular weight is 320 g/mol. The first-order valence-corrected chi connectivity index (χ1v) is 7.78. The first kappa shape index (κ1) is 18.6. The molecule has 3 amide bonds. The van der Waals surface area contributed by atoms with Crippen LogP contribution in [-0.4, -0.2) is 35.8 Å². The van der Waals surface area contributed by atoms with Crippen molar-refractivity contribution in [2.45, 2.75) is 39.5 Å². The highest BCUT2D eigenvalue weighted by Crippen LogP contribution is 2.03. The lowest BCUT2D eigenvalue weighted by atomic mass is 10.2. The minimum absolute atomic E-state index is 0.122. The molecule has 126 valence electrons. The standard InChI is InChI=1S/C16H24N4O3/c1-3-10-17-14(21)7-8-15(22)18-11-9-16(23)20-13-6-4-5-12(2)19-13/h4-6H,3,7-11H2,1-2H3,(H,17,21)(H,18,22)(H,19,20,23). The minimum Gasteiger partial charge on any atom is -0.356 e. The van der Waals surface area contributed by atoms with Gasteiger partial charge >= 0.3 is 0 Å². The van der Waals surface area contributed by atoms with Gasteiger partial charge in [0.05, 0.1) is 0 Å². The molecule has 23 heavy (non-hydrogen) atoms. The van der Waals surface area contributed by atoms with E-state index in [1.165, 1.54) is 0 Å². The Morgan fingerprint density at radius 2 is 1.61 bits per heavy atom. The third-order valence-corrected chi connectivity index (χ3v) is 2.98. The molecule has 0 spiro atoms. The van der Waals surface area contributed by atoms with Gasteiger partial charge in [0.25, 0.3) is 0 Å². The zero-order valence-corrected chi connectivity index (χ0v) is 13.6. The Labute approximate surface area is 136 Å². The molecule has 0 bridgehead atoms. The molecule has 0 fully saturated rings. The lowest BCUT2D eigenvalue weighted by Crippen LogP contribution is -2.30. The van der Waals surface area contributed by atoms with Gasteiger partial charge in [-0.05, 0) is 25.5 Å². The largest absolute Gasteiger partial charge is 0.356 e. The van der Waals surface area contributed by atoms with Gasteiger partial charge in [-0.1, -0.05) is 13.0 Å². The second-order valence-corrected chi connectivity index (χ2v) is 5.16.